The number of aliphatic hydroxyl groups is 1. The Bertz CT molecular complexity index is 1060. The second-order valence-electron chi connectivity index (χ2n) is 11.9. The Labute approximate surface area is 232 Å². The lowest BCUT2D eigenvalue weighted by Gasteiger charge is -2.37. The van der Waals surface area contributed by atoms with Crippen molar-refractivity contribution in [2.75, 3.05) is 36.5 Å². The predicted molar refractivity (Wildman–Crippen MR) is 151 cm³/mol. The molecule has 9 heteroatoms. The summed E-state index contributed by atoms with van der Waals surface area (Å²) in [7, 11) is 0. The number of carbonyl (C=O) groups is 3. The Hall–Kier alpha value is -2.65. The number of likely N-dealkylation sites (tertiary alicyclic amines) is 1. The monoisotopic (exact) mass is 542 g/mol. The third-order valence-corrected chi connectivity index (χ3v) is 8.91. The van der Waals surface area contributed by atoms with Crippen molar-refractivity contribution in [3.8, 4) is 0 Å². The summed E-state index contributed by atoms with van der Waals surface area (Å²) in [6.45, 7) is 14.1. The Kier molecular flexibility index (Phi) is 8.61. The number of fused-ring (bicyclic) bond motifs is 1. The van der Waals surface area contributed by atoms with Crippen molar-refractivity contribution < 1.29 is 24.2 Å². The number of rotatable bonds is 12. The van der Waals surface area contributed by atoms with Crippen LogP contribution in [-0.4, -0.2) is 77.3 Å². The fourth-order valence-corrected chi connectivity index (χ4v) is 7.19. The van der Waals surface area contributed by atoms with Gasteiger partial charge in [-0.25, -0.2) is 0 Å². The number of anilines is 2. The van der Waals surface area contributed by atoms with E-state index in [0.29, 0.717) is 31.5 Å². The van der Waals surface area contributed by atoms with Crippen LogP contribution in [0.25, 0.3) is 0 Å². The Morgan fingerprint density at radius 2 is 1.79 bits per heavy atom. The molecule has 0 aliphatic carbocycles. The van der Waals surface area contributed by atoms with Crippen LogP contribution in [0.2, 0.25) is 0 Å². The number of benzene rings is 1. The zero-order chi connectivity index (χ0) is 28.5. The van der Waals surface area contributed by atoms with Gasteiger partial charge in [-0.3, -0.25) is 14.4 Å². The summed E-state index contributed by atoms with van der Waals surface area (Å²) in [6.07, 6.45) is 2.42. The van der Waals surface area contributed by atoms with Gasteiger partial charge in [0.05, 0.1) is 30.1 Å². The van der Waals surface area contributed by atoms with Gasteiger partial charge in [0.2, 0.25) is 17.7 Å². The zero-order valence-corrected chi connectivity index (χ0v) is 24.3. The van der Waals surface area contributed by atoms with E-state index in [2.05, 4.69) is 29.4 Å². The lowest BCUT2D eigenvalue weighted by molar-refractivity contribution is -0.148. The molecule has 3 aliphatic heterocycles. The number of nitrogens with one attached hydrogen (secondary N) is 2. The maximum Gasteiger partial charge on any atom is 0.250 e. The number of nitrogens with zero attached hydrogens (tertiary/aromatic N) is 2. The first-order valence-corrected chi connectivity index (χ1v) is 14.6. The van der Waals surface area contributed by atoms with Crippen LogP contribution in [0.3, 0.4) is 0 Å². The molecular formula is C30H46N4O5. The van der Waals surface area contributed by atoms with Crippen molar-refractivity contribution in [1.82, 2.24) is 10.2 Å². The minimum absolute atomic E-state index is 0.197. The van der Waals surface area contributed by atoms with Crippen molar-refractivity contribution in [3.05, 3.63) is 24.3 Å². The van der Waals surface area contributed by atoms with Gasteiger partial charge in [-0.05, 0) is 76.6 Å². The van der Waals surface area contributed by atoms with Crippen LogP contribution >= 0.6 is 0 Å². The molecule has 4 rings (SSSR count). The molecule has 1 aromatic rings. The molecule has 3 amide bonds. The van der Waals surface area contributed by atoms with Gasteiger partial charge in [0.1, 0.15) is 11.6 Å². The molecule has 3 fully saturated rings. The van der Waals surface area contributed by atoms with E-state index in [1.165, 1.54) is 0 Å². The summed E-state index contributed by atoms with van der Waals surface area (Å²) in [5.74, 6) is -2.07. The highest BCUT2D eigenvalue weighted by Gasteiger charge is 2.78. The molecule has 9 nitrogen and oxygen atoms in total. The molecule has 6 atom stereocenters. The highest BCUT2D eigenvalue weighted by molar-refractivity contribution is 6.04. The predicted octanol–water partition coefficient (Wildman–Crippen LogP) is 3.17. The van der Waals surface area contributed by atoms with Crippen LogP contribution in [0.1, 0.15) is 67.2 Å². The molecule has 0 aromatic heterocycles. The maximum atomic E-state index is 14.2. The van der Waals surface area contributed by atoms with Gasteiger partial charge >= 0.3 is 0 Å². The molecule has 3 heterocycles. The van der Waals surface area contributed by atoms with E-state index in [-0.39, 0.29) is 30.2 Å². The number of hydrogen-bond acceptors (Lipinski definition) is 6. The summed E-state index contributed by atoms with van der Waals surface area (Å²) >= 11 is 0. The van der Waals surface area contributed by atoms with Crippen LogP contribution in [0.5, 0.6) is 0 Å². The highest BCUT2D eigenvalue weighted by Crippen LogP contribution is 2.63. The van der Waals surface area contributed by atoms with E-state index < -0.39 is 35.1 Å². The van der Waals surface area contributed by atoms with Gasteiger partial charge in [0.15, 0.2) is 0 Å². The van der Waals surface area contributed by atoms with Crippen molar-refractivity contribution in [3.63, 3.8) is 0 Å². The Morgan fingerprint density at radius 3 is 2.36 bits per heavy atom. The molecule has 216 valence electrons. The molecule has 2 unspecified atom stereocenters. The fourth-order valence-electron chi connectivity index (χ4n) is 7.19. The SMILES string of the molecule is CCCNC(=O)[C@@H]1[C@H]2C(=O)N([C@@H](CO)CC(C)C)C(C(=O)Nc3ccc(N(CC)CC)cc3)C23CC[C@@]1(C)O3. The standard InChI is InChI=1S/C30H46N4O5/c1-7-16-31-26(36)23-24-28(38)34(22(18-35)17-19(4)5)25(30(24)15-14-29(23,6)39-30)27(37)32-20-10-12-21(13-11-20)33(8-2)9-3/h10-13,19,22-25,35H,7-9,14-18H2,1-6H3,(H,31,36)(H,32,37)/t22-,23+,24+,25?,29-,30?/m1/s1. The second kappa shape index (κ2) is 11.5. The van der Waals surface area contributed by atoms with E-state index >= 15 is 0 Å². The highest BCUT2D eigenvalue weighted by atomic mass is 16.5. The topological polar surface area (TPSA) is 111 Å². The third kappa shape index (κ3) is 5.04. The Balaban J connectivity index is 1.70. The molecule has 2 bridgehead atoms. The number of aliphatic hydroxyl groups excluding tert-OH is 1. The minimum Gasteiger partial charge on any atom is -0.394 e. The Morgan fingerprint density at radius 1 is 1.13 bits per heavy atom. The number of amides is 3. The van der Waals surface area contributed by atoms with Gasteiger partial charge in [-0.2, -0.15) is 0 Å². The molecule has 0 radical (unpaired) electrons. The summed E-state index contributed by atoms with van der Waals surface area (Å²) in [5.41, 5.74) is -0.238. The normalized spacial score (nSPS) is 30.0. The largest absolute Gasteiger partial charge is 0.394 e. The van der Waals surface area contributed by atoms with Crippen LogP contribution in [0.15, 0.2) is 24.3 Å². The molecule has 3 saturated heterocycles. The summed E-state index contributed by atoms with van der Waals surface area (Å²) in [4.78, 5) is 45.5. The van der Waals surface area contributed by atoms with Crippen LogP contribution in [0, 0.1) is 17.8 Å². The van der Waals surface area contributed by atoms with Crippen LogP contribution in [-0.2, 0) is 19.1 Å². The molecule has 1 spiro atoms. The van der Waals surface area contributed by atoms with Crippen molar-refractivity contribution in [1.29, 1.82) is 0 Å². The quantitative estimate of drug-likeness (QED) is 0.374. The molecule has 3 aliphatic rings. The van der Waals surface area contributed by atoms with Gasteiger partial charge in [-0.1, -0.05) is 20.8 Å². The van der Waals surface area contributed by atoms with Crippen molar-refractivity contribution in [2.45, 2.75) is 90.5 Å². The van der Waals surface area contributed by atoms with E-state index in [1.54, 1.807) is 4.90 Å². The van der Waals surface area contributed by atoms with Gasteiger partial charge in [0, 0.05) is 31.0 Å². The van der Waals surface area contributed by atoms with Gasteiger partial charge in [-0.15, -0.1) is 0 Å². The lowest BCUT2D eigenvalue weighted by Crippen LogP contribution is -2.56. The average Bonchev–Trinajstić information content (AvgIpc) is 3.48. The summed E-state index contributed by atoms with van der Waals surface area (Å²) in [6, 6.07) is 6.20. The van der Waals surface area contributed by atoms with Crippen LogP contribution in [0.4, 0.5) is 11.4 Å². The minimum atomic E-state index is -1.12. The first-order chi connectivity index (χ1) is 18.6. The number of carbonyl (C=O) groups excluding carboxylic acids is 3. The number of hydrogen-bond donors (Lipinski definition) is 3. The third-order valence-electron chi connectivity index (χ3n) is 8.91. The first kappa shape index (κ1) is 29.3. The smallest absolute Gasteiger partial charge is 0.250 e. The van der Waals surface area contributed by atoms with Crippen LogP contribution < -0.4 is 15.5 Å². The zero-order valence-electron chi connectivity index (χ0n) is 24.3. The van der Waals surface area contributed by atoms with E-state index in [0.717, 1.165) is 25.2 Å². The summed E-state index contributed by atoms with van der Waals surface area (Å²) < 4.78 is 6.66. The molecule has 0 saturated carbocycles. The average molecular weight is 543 g/mol. The maximum absolute atomic E-state index is 14.2. The van der Waals surface area contributed by atoms with Gasteiger partial charge in [0.25, 0.3) is 0 Å². The van der Waals surface area contributed by atoms with Crippen molar-refractivity contribution in [2.24, 2.45) is 17.8 Å². The van der Waals surface area contributed by atoms with E-state index in [1.807, 2.05) is 52.0 Å². The first-order valence-electron chi connectivity index (χ1n) is 14.6. The molecule has 3 N–H and O–H groups in total. The lowest BCUT2D eigenvalue weighted by atomic mass is 9.66. The summed E-state index contributed by atoms with van der Waals surface area (Å²) in [5, 5.41) is 16.4. The van der Waals surface area contributed by atoms with E-state index in [4.69, 9.17) is 4.74 Å². The van der Waals surface area contributed by atoms with Gasteiger partial charge < -0.3 is 30.3 Å². The molecular weight excluding hydrogens is 496 g/mol. The number of ether oxygens (including phenoxy) is 1. The second-order valence-corrected chi connectivity index (χ2v) is 11.9. The van der Waals surface area contributed by atoms with E-state index in [9.17, 15) is 19.5 Å². The van der Waals surface area contributed by atoms with Crippen molar-refractivity contribution >= 4 is 29.1 Å². The molecule has 1 aromatic carbocycles. The molecule has 39 heavy (non-hydrogen) atoms. The fraction of sp³-hybridized carbons (Fsp3) is 0.700.